The molecular weight excluding hydrogens is 276 g/mol. The zero-order chi connectivity index (χ0) is 15.3. The summed E-state index contributed by atoms with van der Waals surface area (Å²) in [5.41, 5.74) is 0.0236. The average molecular weight is 295 g/mol. The number of hydrogen-bond acceptors (Lipinski definition) is 2. The molecule has 0 aliphatic carbocycles. The van der Waals surface area contributed by atoms with Crippen LogP contribution in [0.15, 0.2) is 16.9 Å². The molecule has 1 aliphatic heterocycles. The van der Waals surface area contributed by atoms with Crippen molar-refractivity contribution in [3.05, 3.63) is 34.3 Å². The summed E-state index contributed by atoms with van der Waals surface area (Å²) in [6.07, 6.45) is 1.48. The van der Waals surface area contributed by atoms with Crippen LogP contribution in [0.2, 0.25) is 0 Å². The lowest BCUT2D eigenvalue weighted by Gasteiger charge is -2.40. The molecule has 0 spiro atoms. The van der Waals surface area contributed by atoms with E-state index >= 15 is 0 Å². The second-order valence-electron chi connectivity index (χ2n) is 6.05. The highest BCUT2D eigenvalue weighted by Gasteiger charge is 2.31. The molecule has 1 saturated heterocycles. The minimum absolute atomic E-state index is 0.0500. The molecule has 2 unspecified atom stereocenters. The fraction of sp³-hybridized carbons (Fsp3) is 0.533. The number of benzene rings is 1. The van der Waals surface area contributed by atoms with Crippen LogP contribution in [0.3, 0.4) is 0 Å². The SMILES string of the molecule is CC1CC(n2c(=O)[nH]c3ccc(F)c(F)c32)CC(C)N1C. The summed E-state index contributed by atoms with van der Waals surface area (Å²) in [4.78, 5) is 17.1. The van der Waals surface area contributed by atoms with Crippen molar-refractivity contribution in [2.45, 2.75) is 44.8 Å². The van der Waals surface area contributed by atoms with Crippen LogP contribution in [0, 0.1) is 11.6 Å². The second-order valence-corrected chi connectivity index (χ2v) is 6.05. The third-order valence-corrected chi connectivity index (χ3v) is 4.75. The number of imidazole rings is 1. The Morgan fingerprint density at radius 1 is 1.19 bits per heavy atom. The summed E-state index contributed by atoms with van der Waals surface area (Å²) >= 11 is 0. The number of nitrogens with zero attached hydrogens (tertiary/aromatic N) is 2. The number of halogens is 2. The zero-order valence-electron chi connectivity index (χ0n) is 12.4. The number of rotatable bonds is 1. The first-order valence-corrected chi connectivity index (χ1v) is 7.20. The number of H-pyrrole nitrogens is 1. The molecule has 1 aliphatic rings. The molecule has 2 atom stereocenters. The number of hydrogen-bond donors (Lipinski definition) is 1. The summed E-state index contributed by atoms with van der Waals surface area (Å²) in [6.45, 7) is 4.17. The molecule has 114 valence electrons. The Morgan fingerprint density at radius 2 is 1.81 bits per heavy atom. The van der Waals surface area contributed by atoms with E-state index in [4.69, 9.17) is 0 Å². The van der Waals surface area contributed by atoms with Crippen LogP contribution in [0.25, 0.3) is 11.0 Å². The topological polar surface area (TPSA) is 41.0 Å². The Bertz CT molecular complexity index is 724. The van der Waals surface area contributed by atoms with Gasteiger partial charge in [0.15, 0.2) is 11.6 Å². The first-order valence-electron chi connectivity index (χ1n) is 7.20. The normalized spacial score (nSPS) is 27.4. The van der Waals surface area contributed by atoms with Crippen LogP contribution in [0.1, 0.15) is 32.7 Å². The van der Waals surface area contributed by atoms with Gasteiger partial charge in [-0.1, -0.05) is 0 Å². The first-order chi connectivity index (χ1) is 9.90. The molecular formula is C15H19F2N3O. The van der Waals surface area contributed by atoms with E-state index in [2.05, 4.69) is 23.7 Å². The largest absolute Gasteiger partial charge is 0.326 e. The molecule has 1 aromatic carbocycles. The van der Waals surface area contributed by atoms with Crippen LogP contribution >= 0.6 is 0 Å². The summed E-state index contributed by atoms with van der Waals surface area (Å²) in [7, 11) is 2.05. The van der Waals surface area contributed by atoms with Crippen molar-refractivity contribution in [2.75, 3.05) is 7.05 Å². The molecule has 1 fully saturated rings. The van der Waals surface area contributed by atoms with Gasteiger partial charge < -0.3 is 9.88 Å². The van der Waals surface area contributed by atoms with Gasteiger partial charge in [0.1, 0.15) is 5.52 Å². The lowest BCUT2D eigenvalue weighted by Crippen LogP contribution is -2.45. The standard InChI is InChI=1S/C15H19F2N3O/c1-8-6-10(7-9(2)19(8)3)20-14-12(18-15(20)21)5-4-11(16)13(14)17/h4-5,8-10H,6-7H2,1-3H3,(H,18,21). The number of likely N-dealkylation sites (tertiary alicyclic amines) is 1. The Balaban J connectivity index is 2.14. The van der Waals surface area contributed by atoms with E-state index in [1.165, 1.54) is 10.6 Å². The van der Waals surface area contributed by atoms with Crippen molar-refractivity contribution in [1.82, 2.24) is 14.5 Å². The Morgan fingerprint density at radius 3 is 2.43 bits per heavy atom. The Hall–Kier alpha value is -1.69. The van der Waals surface area contributed by atoms with E-state index in [-0.39, 0.29) is 29.3 Å². The van der Waals surface area contributed by atoms with Gasteiger partial charge >= 0.3 is 5.69 Å². The van der Waals surface area contributed by atoms with E-state index in [9.17, 15) is 13.6 Å². The minimum Gasteiger partial charge on any atom is -0.305 e. The molecule has 0 amide bonds. The van der Waals surface area contributed by atoms with Crippen molar-refractivity contribution in [1.29, 1.82) is 0 Å². The van der Waals surface area contributed by atoms with Gasteiger partial charge in [0, 0.05) is 18.1 Å². The van der Waals surface area contributed by atoms with Gasteiger partial charge in [-0.05, 0) is 45.9 Å². The molecule has 6 heteroatoms. The van der Waals surface area contributed by atoms with Gasteiger partial charge in [-0.2, -0.15) is 0 Å². The highest BCUT2D eigenvalue weighted by atomic mass is 19.2. The van der Waals surface area contributed by atoms with Crippen molar-refractivity contribution in [3.63, 3.8) is 0 Å². The predicted octanol–water partition coefficient (Wildman–Crippen LogP) is 2.65. The number of piperidine rings is 1. The maximum atomic E-state index is 14.1. The first kappa shape index (κ1) is 14.3. The van der Waals surface area contributed by atoms with Gasteiger partial charge in [0.25, 0.3) is 0 Å². The lowest BCUT2D eigenvalue weighted by atomic mass is 9.93. The zero-order valence-corrected chi connectivity index (χ0v) is 12.4. The van der Waals surface area contributed by atoms with Crippen molar-refractivity contribution in [2.24, 2.45) is 0 Å². The van der Waals surface area contributed by atoms with Gasteiger partial charge in [-0.15, -0.1) is 0 Å². The van der Waals surface area contributed by atoms with E-state index in [0.717, 1.165) is 18.9 Å². The maximum Gasteiger partial charge on any atom is 0.326 e. The average Bonchev–Trinajstić information content (AvgIpc) is 2.77. The highest BCUT2D eigenvalue weighted by Crippen LogP contribution is 2.32. The minimum atomic E-state index is -0.954. The lowest BCUT2D eigenvalue weighted by molar-refractivity contribution is 0.102. The van der Waals surface area contributed by atoms with Gasteiger partial charge in [0.2, 0.25) is 0 Å². The molecule has 1 N–H and O–H groups in total. The summed E-state index contributed by atoms with van der Waals surface area (Å²) < 4.78 is 29.0. The number of aromatic nitrogens is 2. The number of nitrogens with one attached hydrogen (secondary N) is 1. The Labute approximate surface area is 121 Å². The van der Waals surface area contributed by atoms with Gasteiger partial charge in [0.05, 0.1) is 5.52 Å². The molecule has 21 heavy (non-hydrogen) atoms. The van der Waals surface area contributed by atoms with Crippen molar-refractivity contribution < 1.29 is 8.78 Å². The monoisotopic (exact) mass is 295 g/mol. The number of fused-ring (bicyclic) bond motifs is 1. The van der Waals surface area contributed by atoms with Crippen LogP contribution in [-0.2, 0) is 0 Å². The fourth-order valence-electron chi connectivity index (χ4n) is 3.36. The molecule has 0 saturated carbocycles. The van der Waals surface area contributed by atoms with E-state index < -0.39 is 11.6 Å². The highest BCUT2D eigenvalue weighted by molar-refractivity contribution is 5.76. The molecule has 2 heterocycles. The second kappa shape index (κ2) is 4.94. The third-order valence-electron chi connectivity index (χ3n) is 4.75. The van der Waals surface area contributed by atoms with Gasteiger partial charge in [-0.25, -0.2) is 13.6 Å². The molecule has 4 nitrogen and oxygen atoms in total. The quantitative estimate of drug-likeness (QED) is 0.878. The molecule has 3 rings (SSSR count). The number of aromatic amines is 1. The van der Waals surface area contributed by atoms with Crippen LogP contribution in [-0.4, -0.2) is 33.6 Å². The van der Waals surface area contributed by atoms with E-state index in [1.807, 2.05) is 7.05 Å². The fourth-order valence-corrected chi connectivity index (χ4v) is 3.36. The van der Waals surface area contributed by atoms with E-state index in [1.54, 1.807) is 0 Å². The van der Waals surface area contributed by atoms with E-state index in [0.29, 0.717) is 5.52 Å². The molecule has 0 radical (unpaired) electrons. The molecule has 1 aromatic heterocycles. The van der Waals surface area contributed by atoms with Crippen LogP contribution < -0.4 is 5.69 Å². The Kier molecular flexibility index (Phi) is 3.36. The maximum absolute atomic E-state index is 14.1. The summed E-state index contributed by atoms with van der Waals surface area (Å²) in [5, 5.41) is 0. The summed E-state index contributed by atoms with van der Waals surface area (Å²) in [6, 6.07) is 2.90. The van der Waals surface area contributed by atoms with Crippen molar-refractivity contribution in [3.8, 4) is 0 Å². The molecule has 0 bridgehead atoms. The predicted molar refractivity (Wildman–Crippen MR) is 77.4 cm³/mol. The van der Waals surface area contributed by atoms with Crippen LogP contribution in [0.5, 0.6) is 0 Å². The van der Waals surface area contributed by atoms with Crippen molar-refractivity contribution >= 4 is 11.0 Å². The van der Waals surface area contributed by atoms with Crippen LogP contribution in [0.4, 0.5) is 8.78 Å². The van der Waals surface area contributed by atoms with Gasteiger partial charge in [-0.3, -0.25) is 4.57 Å². The smallest absolute Gasteiger partial charge is 0.305 e. The summed E-state index contributed by atoms with van der Waals surface area (Å²) in [5.74, 6) is -1.88. The third kappa shape index (κ3) is 2.18. The molecule has 2 aromatic rings.